The summed E-state index contributed by atoms with van der Waals surface area (Å²) in [7, 11) is 0. The molecule has 1 aromatic carbocycles. The zero-order chi connectivity index (χ0) is 19.2. The number of nitrogens with one attached hydrogen (secondary N) is 1. The summed E-state index contributed by atoms with van der Waals surface area (Å²) < 4.78 is 1.81. The minimum atomic E-state index is 0.000866. The molecule has 1 N–H and O–H groups in total. The van der Waals surface area contributed by atoms with Crippen molar-refractivity contribution in [1.29, 1.82) is 0 Å². The first-order valence-electron chi connectivity index (χ1n) is 9.76. The number of pyridine rings is 1. The Balaban J connectivity index is 1.32. The van der Waals surface area contributed by atoms with E-state index in [1.807, 2.05) is 41.3 Å². The third kappa shape index (κ3) is 4.84. The summed E-state index contributed by atoms with van der Waals surface area (Å²) in [6, 6.07) is 16.2. The topological polar surface area (TPSA) is 63.1 Å². The molecule has 0 aliphatic carbocycles. The van der Waals surface area contributed by atoms with Gasteiger partial charge in [0, 0.05) is 37.7 Å². The number of nitrogens with zero attached hydrogens (tertiary/aromatic N) is 4. The van der Waals surface area contributed by atoms with E-state index in [-0.39, 0.29) is 11.8 Å². The maximum absolute atomic E-state index is 12.7. The molecule has 0 unspecified atom stereocenters. The fourth-order valence-corrected chi connectivity index (χ4v) is 3.68. The largest absolute Gasteiger partial charge is 0.309 e. The van der Waals surface area contributed by atoms with Crippen LogP contribution in [0.15, 0.2) is 67.1 Å². The Bertz CT molecular complexity index is 894. The van der Waals surface area contributed by atoms with Gasteiger partial charge in [-0.05, 0) is 36.6 Å². The fraction of sp³-hybridized carbons (Fsp3) is 0.318. The van der Waals surface area contributed by atoms with Crippen LogP contribution in [-0.2, 0) is 17.9 Å². The van der Waals surface area contributed by atoms with Crippen molar-refractivity contribution in [2.75, 3.05) is 18.4 Å². The van der Waals surface area contributed by atoms with Crippen LogP contribution in [0.5, 0.6) is 0 Å². The van der Waals surface area contributed by atoms with Gasteiger partial charge in [-0.3, -0.25) is 19.4 Å². The van der Waals surface area contributed by atoms with E-state index in [9.17, 15) is 4.79 Å². The SMILES string of the molecule is O=C(Nc1ccn(Cc2cccnc2)n1)[C@H]1CCCN(Cc2ccccc2)C1. The van der Waals surface area contributed by atoms with Gasteiger partial charge in [0.2, 0.25) is 5.91 Å². The highest BCUT2D eigenvalue weighted by Crippen LogP contribution is 2.20. The molecule has 1 atom stereocenters. The molecule has 3 aromatic rings. The first-order chi connectivity index (χ1) is 13.8. The van der Waals surface area contributed by atoms with Gasteiger partial charge in [0.1, 0.15) is 0 Å². The van der Waals surface area contributed by atoms with Crippen molar-refractivity contribution in [1.82, 2.24) is 19.7 Å². The van der Waals surface area contributed by atoms with Gasteiger partial charge in [0.05, 0.1) is 12.5 Å². The van der Waals surface area contributed by atoms with Gasteiger partial charge < -0.3 is 5.32 Å². The molecular formula is C22H25N5O. The van der Waals surface area contributed by atoms with E-state index in [1.54, 1.807) is 6.20 Å². The summed E-state index contributed by atoms with van der Waals surface area (Å²) in [5.74, 6) is 0.666. The number of piperidine rings is 1. The average molecular weight is 375 g/mol. The molecule has 4 rings (SSSR count). The van der Waals surface area contributed by atoms with Crippen molar-refractivity contribution in [3.05, 3.63) is 78.2 Å². The van der Waals surface area contributed by atoms with Crippen LogP contribution in [0.25, 0.3) is 0 Å². The summed E-state index contributed by atoms with van der Waals surface area (Å²) in [4.78, 5) is 19.2. The second-order valence-corrected chi connectivity index (χ2v) is 7.31. The first-order valence-corrected chi connectivity index (χ1v) is 9.76. The summed E-state index contributed by atoms with van der Waals surface area (Å²) >= 11 is 0. The summed E-state index contributed by atoms with van der Waals surface area (Å²) in [5, 5.41) is 7.46. The van der Waals surface area contributed by atoms with Crippen LogP contribution in [0.3, 0.4) is 0 Å². The second kappa shape index (κ2) is 8.80. The predicted octanol–water partition coefficient (Wildman–Crippen LogP) is 3.18. The van der Waals surface area contributed by atoms with E-state index in [0.717, 1.165) is 38.0 Å². The average Bonchev–Trinajstić information content (AvgIpc) is 3.16. The van der Waals surface area contributed by atoms with Crippen molar-refractivity contribution < 1.29 is 4.79 Å². The quantitative estimate of drug-likeness (QED) is 0.719. The van der Waals surface area contributed by atoms with Crippen LogP contribution in [0.2, 0.25) is 0 Å². The first kappa shape index (κ1) is 18.4. The van der Waals surface area contributed by atoms with Gasteiger partial charge in [-0.25, -0.2) is 0 Å². The van der Waals surface area contributed by atoms with Crippen molar-refractivity contribution in [3.63, 3.8) is 0 Å². The third-order valence-electron chi connectivity index (χ3n) is 5.08. The van der Waals surface area contributed by atoms with Gasteiger partial charge in [-0.15, -0.1) is 0 Å². The van der Waals surface area contributed by atoms with Gasteiger partial charge in [0.15, 0.2) is 5.82 Å². The molecule has 0 saturated carbocycles. The van der Waals surface area contributed by atoms with Crippen LogP contribution >= 0.6 is 0 Å². The van der Waals surface area contributed by atoms with Crippen LogP contribution in [0.1, 0.15) is 24.0 Å². The molecule has 1 fully saturated rings. The molecule has 2 aromatic heterocycles. The summed E-state index contributed by atoms with van der Waals surface area (Å²) in [5.41, 5.74) is 2.37. The second-order valence-electron chi connectivity index (χ2n) is 7.31. The number of benzene rings is 1. The van der Waals surface area contributed by atoms with Crippen LogP contribution in [0, 0.1) is 5.92 Å². The molecule has 1 saturated heterocycles. The van der Waals surface area contributed by atoms with E-state index in [0.29, 0.717) is 12.4 Å². The van der Waals surface area contributed by atoms with Crippen molar-refractivity contribution in [2.24, 2.45) is 5.92 Å². The van der Waals surface area contributed by atoms with Crippen molar-refractivity contribution in [2.45, 2.75) is 25.9 Å². The van der Waals surface area contributed by atoms with E-state index in [2.05, 4.69) is 44.6 Å². The number of carbonyl (C=O) groups is 1. The number of hydrogen-bond donors (Lipinski definition) is 1. The lowest BCUT2D eigenvalue weighted by Crippen LogP contribution is -2.40. The summed E-state index contributed by atoms with van der Waals surface area (Å²) in [6.45, 7) is 3.36. The summed E-state index contributed by atoms with van der Waals surface area (Å²) in [6.07, 6.45) is 7.42. The monoisotopic (exact) mass is 375 g/mol. The maximum atomic E-state index is 12.7. The highest BCUT2D eigenvalue weighted by atomic mass is 16.2. The third-order valence-corrected chi connectivity index (χ3v) is 5.08. The number of carbonyl (C=O) groups excluding carboxylic acids is 1. The molecule has 1 aliphatic rings. The van der Waals surface area contributed by atoms with Gasteiger partial charge in [0.25, 0.3) is 0 Å². The Hall–Kier alpha value is -2.99. The van der Waals surface area contributed by atoms with E-state index in [4.69, 9.17) is 0 Å². The van der Waals surface area contributed by atoms with E-state index in [1.165, 1.54) is 5.56 Å². The zero-order valence-electron chi connectivity index (χ0n) is 15.9. The zero-order valence-corrected chi connectivity index (χ0v) is 15.9. The predicted molar refractivity (Wildman–Crippen MR) is 109 cm³/mol. The van der Waals surface area contributed by atoms with E-state index >= 15 is 0 Å². The van der Waals surface area contributed by atoms with E-state index < -0.39 is 0 Å². The molecule has 6 nitrogen and oxygen atoms in total. The molecule has 1 aliphatic heterocycles. The molecule has 6 heteroatoms. The molecule has 144 valence electrons. The number of amides is 1. The lowest BCUT2D eigenvalue weighted by atomic mass is 9.96. The normalized spacial score (nSPS) is 17.4. The molecule has 1 amide bonds. The molecular weight excluding hydrogens is 350 g/mol. The molecule has 0 bridgehead atoms. The highest BCUT2D eigenvalue weighted by Gasteiger charge is 2.26. The Kier molecular flexibility index (Phi) is 5.77. The number of aromatic nitrogens is 3. The van der Waals surface area contributed by atoms with Crippen molar-refractivity contribution >= 4 is 11.7 Å². The number of anilines is 1. The van der Waals surface area contributed by atoms with Crippen LogP contribution in [-0.4, -0.2) is 38.7 Å². The fourth-order valence-electron chi connectivity index (χ4n) is 3.68. The number of likely N-dealkylation sites (tertiary alicyclic amines) is 1. The van der Waals surface area contributed by atoms with Crippen LogP contribution in [0.4, 0.5) is 5.82 Å². The lowest BCUT2D eigenvalue weighted by Gasteiger charge is -2.31. The minimum absolute atomic E-state index is 0.000866. The Morgan fingerprint density at radius 3 is 2.75 bits per heavy atom. The van der Waals surface area contributed by atoms with Crippen molar-refractivity contribution in [3.8, 4) is 0 Å². The molecule has 0 spiro atoms. The smallest absolute Gasteiger partial charge is 0.229 e. The Labute approximate surface area is 165 Å². The van der Waals surface area contributed by atoms with Gasteiger partial charge in [-0.2, -0.15) is 5.10 Å². The number of hydrogen-bond acceptors (Lipinski definition) is 4. The Morgan fingerprint density at radius 2 is 1.93 bits per heavy atom. The van der Waals surface area contributed by atoms with Gasteiger partial charge >= 0.3 is 0 Å². The lowest BCUT2D eigenvalue weighted by molar-refractivity contribution is -0.121. The molecule has 28 heavy (non-hydrogen) atoms. The molecule has 3 heterocycles. The van der Waals surface area contributed by atoms with Gasteiger partial charge in [-0.1, -0.05) is 36.4 Å². The Morgan fingerprint density at radius 1 is 1.07 bits per heavy atom. The standard InChI is InChI=1S/C22H25N5O/c28-22(20-9-5-12-26(17-20)15-18-6-2-1-3-7-18)24-21-10-13-27(25-21)16-19-8-4-11-23-14-19/h1-4,6-8,10-11,13-14,20H,5,9,12,15-17H2,(H,24,25,28)/t20-/m0/s1. The molecule has 0 radical (unpaired) electrons. The minimum Gasteiger partial charge on any atom is -0.309 e. The number of rotatable bonds is 6. The van der Waals surface area contributed by atoms with Crippen LogP contribution < -0.4 is 5.32 Å². The highest BCUT2D eigenvalue weighted by molar-refractivity contribution is 5.91. The maximum Gasteiger partial charge on any atom is 0.229 e.